The largest absolute Gasteiger partial charge is 0.381 e. The molecule has 1 heterocycles. The molecule has 2 atom stereocenters. The molecule has 76 valence electrons. The van der Waals surface area contributed by atoms with E-state index in [-0.39, 0.29) is 5.91 Å². The Morgan fingerprint density at radius 2 is 2.46 bits per heavy atom. The molecule has 1 fully saturated rings. The molecule has 0 aliphatic carbocycles. The average Bonchev–Trinajstić information content (AvgIpc) is 2.09. The van der Waals surface area contributed by atoms with Crippen molar-refractivity contribution in [3.05, 3.63) is 0 Å². The van der Waals surface area contributed by atoms with E-state index < -0.39 is 0 Å². The van der Waals surface area contributed by atoms with Crippen LogP contribution in [0.15, 0.2) is 0 Å². The Labute approximate surface area is 87.3 Å². The first-order valence-corrected chi connectivity index (χ1v) is 5.79. The predicted octanol–water partition coefficient (Wildman–Crippen LogP) is 1.31. The molecule has 1 saturated heterocycles. The topological polar surface area (TPSA) is 38.3 Å². The lowest BCUT2D eigenvalue weighted by Gasteiger charge is -2.29. The average molecular weight is 250 g/mol. The summed E-state index contributed by atoms with van der Waals surface area (Å²) < 4.78 is 5.29. The van der Waals surface area contributed by atoms with E-state index >= 15 is 0 Å². The predicted molar refractivity (Wildman–Crippen MR) is 54.9 cm³/mol. The molecule has 0 aromatic carbocycles. The first-order chi connectivity index (χ1) is 6.24. The van der Waals surface area contributed by atoms with Crippen LogP contribution in [0.2, 0.25) is 0 Å². The summed E-state index contributed by atoms with van der Waals surface area (Å²) in [4.78, 5) is 11.3. The van der Waals surface area contributed by atoms with E-state index in [4.69, 9.17) is 4.74 Å². The highest BCUT2D eigenvalue weighted by Crippen LogP contribution is 2.13. The minimum absolute atomic E-state index is 0.135. The molecule has 1 N–H and O–H groups in total. The lowest BCUT2D eigenvalue weighted by atomic mass is 9.98. The molecule has 0 aromatic heterocycles. The molecule has 13 heavy (non-hydrogen) atoms. The molecular formula is C9H16BrNO2. The van der Waals surface area contributed by atoms with Crippen molar-refractivity contribution in [1.82, 2.24) is 5.32 Å². The van der Waals surface area contributed by atoms with Gasteiger partial charge in [0.05, 0.1) is 6.61 Å². The number of hydrogen-bond donors (Lipinski definition) is 1. The summed E-state index contributed by atoms with van der Waals surface area (Å²) in [5, 5.41) is 3.75. The van der Waals surface area contributed by atoms with Crippen molar-refractivity contribution in [1.29, 1.82) is 0 Å². The lowest BCUT2D eigenvalue weighted by Crippen LogP contribution is -2.44. The van der Waals surface area contributed by atoms with Gasteiger partial charge in [0.15, 0.2) is 0 Å². The number of halogens is 1. The molecule has 2 unspecified atom stereocenters. The molecule has 1 rings (SSSR count). The lowest BCUT2D eigenvalue weighted by molar-refractivity contribution is -0.122. The van der Waals surface area contributed by atoms with Gasteiger partial charge in [0.1, 0.15) is 0 Å². The fourth-order valence-corrected chi connectivity index (χ4v) is 1.82. The van der Waals surface area contributed by atoms with E-state index in [1.165, 1.54) is 0 Å². The van der Waals surface area contributed by atoms with Crippen LogP contribution in [0.3, 0.4) is 0 Å². The quantitative estimate of drug-likeness (QED) is 0.767. The fourth-order valence-electron chi connectivity index (χ4n) is 1.46. The van der Waals surface area contributed by atoms with Crippen LogP contribution in [0, 0.1) is 5.92 Å². The van der Waals surface area contributed by atoms with Crippen LogP contribution in [0.1, 0.15) is 19.8 Å². The third-order valence-electron chi connectivity index (χ3n) is 2.31. The Morgan fingerprint density at radius 1 is 1.69 bits per heavy atom. The fraction of sp³-hybridized carbons (Fsp3) is 0.889. The van der Waals surface area contributed by atoms with Gasteiger partial charge in [-0.1, -0.05) is 22.9 Å². The van der Waals surface area contributed by atoms with Crippen LogP contribution in [-0.4, -0.2) is 30.5 Å². The summed E-state index contributed by atoms with van der Waals surface area (Å²) in [6.45, 7) is 3.64. The van der Waals surface area contributed by atoms with Crippen molar-refractivity contribution < 1.29 is 9.53 Å². The molecule has 0 bridgehead atoms. The number of hydrogen-bond acceptors (Lipinski definition) is 2. The van der Waals surface area contributed by atoms with Crippen molar-refractivity contribution in [2.24, 2.45) is 5.92 Å². The first-order valence-electron chi connectivity index (χ1n) is 4.67. The van der Waals surface area contributed by atoms with Crippen LogP contribution >= 0.6 is 15.9 Å². The van der Waals surface area contributed by atoms with E-state index in [0.717, 1.165) is 25.0 Å². The summed E-state index contributed by atoms with van der Waals surface area (Å²) in [6.07, 6.45) is 1.50. The third-order valence-corrected chi connectivity index (χ3v) is 2.71. The van der Waals surface area contributed by atoms with Gasteiger partial charge in [-0.25, -0.2) is 0 Å². The van der Waals surface area contributed by atoms with Crippen LogP contribution in [0.5, 0.6) is 0 Å². The van der Waals surface area contributed by atoms with Crippen molar-refractivity contribution in [3.8, 4) is 0 Å². The minimum Gasteiger partial charge on any atom is -0.381 e. The number of nitrogens with one attached hydrogen (secondary N) is 1. The number of rotatable bonds is 3. The summed E-state index contributed by atoms with van der Waals surface area (Å²) >= 11 is 3.24. The standard InChI is InChI=1S/C9H16BrNO2/c1-7-6-13-5-3-8(7)11-9(12)2-4-10/h7-8H,2-6H2,1H3,(H,11,12). The summed E-state index contributed by atoms with van der Waals surface area (Å²) in [5.41, 5.74) is 0. The van der Waals surface area contributed by atoms with Gasteiger partial charge in [0, 0.05) is 24.4 Å². The normalized spacial score (nSPS) is 28.5. The van der Waals surface area contributed by atoms with Gasteiger partial charge < -0.3 is 10.1 Å². The Hall–Kier alpha value is -0.0900. The van der Waals surface area contributed by atoms with Gasteiger partial charge in [-0.05, 0) is 12.3 Å². The minimum atomic E-state index is 0.135. The van der Waals surface area contributed by atoms with Gasteiger partial charge in [0.2, 0.25) is 5.91 Å². The van der Waals surface area contributed by atoms with Gasteiger partial charge in [-0.2, -0.15) is 0 Å². The van der Waals surface area contributed by atoms with Crippen molar-refractivity contribution >= 4 is 21.8 Å². The van der Waals surface area contributed by atoms with E-state index in [1.807, 2.05) is 0 Å². The number of carbonyl (C=O) groups is 1. The Balaban J connectivity index is 2.29. The number of alkyl halides is 1. The van der Waals surface area contributed by atoms with Gasteiger partial charge >= 0.3 is 0 Å². The van der Waals surface area contributed by atoms with Gasteiger partial charge in [0.25, 0.3) is 0 Å². The van der Waals surface area contributed by atoms with Crippen LogP contribution < -0.4 is 5.32 Å². The zero-order valence-electron chi connectivity index (χ0n) is 7.88. The van der Waals surface area contributed by atoms with Crippen LogP contribution in [0.25, 0.3) is 0 Å². The third kappa shape index (κ3) is 3.65. The van der Waals surface area contributed by atoms with Crippen LogP contribution in [0.4, 0.5) is 0 Å². The van der Waals surface area contributed by atoms with Gasteiger partial charge in [-0.3, -0.25) is 4.79 Å². The Kier molecular flexibility index (Phi) is 4.73. The second kappa shape index (κ2) is 5.60. The molecule has 1 aliphatic rings. The SMILES string of the molecule is CC1COCCC1NC(=O)CCBr. The summed E-state index contributed by atoms with van der Waals surface area (Å²) in [5.74, 6) is 0.573. The van der Waals surface area contributed by atoms with Crippen molar-refractivity contribution in [2.75, 3.05) is 18.5 Å². The zero-order chi connectivity index (χ0) is 9.68. The van der Waals surface area contributed by atoms with Crippen molar-refractivity contribution in [3.63, 3.8) is 0 Å². The summed E-state index contributed by atoms with van der Waals surface area (Å²) in [7, 11) is 0. The molecule has 1 aliphatic heterocycles. The van der Waals surface area contributed by atoms with E-state index in [2.05, 4.69) is 28.2 Å². The molecule has 4 heteroatoms. The summed E-state index contributed by atoms with van der Waals surface area (Å²) in [6, 6.07) is 0.306. The molecule has 3 nitrogen and oxygen atoms in total. The maximum absolute atomic E-state index is 11.3. The molecule has 0 radical (unpaired) electrons. The second-order valence-electron chi connectivity index (χ2n) is 3.45. The first kappa shape index (κ1) is 11.0. The van der Waals surface area contributed by atoms with Crippen LogP contribution in [-0.2, 0) is 9.53 Å². The van der Waals surface area contributed by atoms with E-state index in [0.29, 0.717) is 18.4 Å². The second-order valence-corrected chi connectivity index (χ2v) is 4.25. The molecule has 0 saturated carbocycles. The number of ether oxygens (including phenoxy) is 1. The molecular weight excluding hydrogens is 234 g/mol. The highest BCUT2D eigenvalue weighted by atomic mass is 79.9. The number of carbonyl (C=O) groups excluding carboxylic acids is 1. The number of amides is 1. The molecule has 0 spiro atoms. The smallest absolute Gasteiger partial charge is 0.221 e. The Morgan fingerprint density at radius 3 is 3.08 bits per heavy atom. The highest BCUT2D eigenvalue weighted by Gasteiger charge is 2.22. The van der Waals surface area contributed by atoms with E-state index in [1.54, 1.807) is 0 Å². The monoisotopic (exact) mass is 249 g/mol. The zero-order valence-corrected chi connectivity index (χ0v) is 9.47. The Bertz CT molecular complexity index is 175. The van der Waals surface area contributed by atoms with E-state index in [9.17, 15) is 4.79 Å². The maximum atomic E-state index is 11.3. The molecule has 1 amide bonds. The maximum Gasteiger partial charge on any atom is 0.221 e. The van der Waals surface area contributed by atoms with Crippen molar-refractivity contribution in [2.45, 2.75) is 25.8 Å². The molecule has 0 aromatic rings. The highest BCUT2D eigenvalue weighted by molar-refractivity contribution is 9.09. The van der Waals surface area contributed by atoms with Gasteiger partial charge in [-0.15, -0.1) is 0 Å².